The summed E-state index contributed by atoms with van der Waals surface area (Å²) in [4.78, 5) is 3.87. The molecule has 0 bridgehead atoms. The van der Waals surface area contributed by atoms with Crippen molar-refractivity contribution >= 4 is 11.7 Å². The summed E-state index contributed by atoms with van der Waals surface area (Å²) in [5.74, 6) is 2.37. The summed E-state index contributed by atoms with van der Waals surface area (Å²) >= 11 is 0. The van der Waals surface area contributed by atoms with E-state index in [9.17, 15) is 0 Å². The molecule has 0 saturated carbocycles. The molecule has 18 heavy (non-hydrogen) atoms. The van der Waals surface area contributed by atoms with E-state index in [0.717, 1.165) is 11.7 Å². The number of hydrogen-bond donors (Lipinski definition) is 0. The van der Waals surface area contributed by atoms with Crippen LogP contribution in [0.4, 0.5) is 0 Å². The number of rotatable bonds is 4. The molecule has 0 aliphatic heterocycles. The highest BCUT2D eigenvalue weighted by Gasteiger charge is 2.08. The van der Waals surface area contributed by atoms with Gasteiger partial charge in [0.05, 0.1) is 0 Å². The van der Waals surface area contributed by atoms with Crippen LogP contribution < -0.4 is 0 Å². The van der Waals surface area contributed by atoms with Gasteiger partial charge in [0.2, 0.25) is 0 Å². The maximum absolute atomic E-state index is 4.09. The first-order valence-corrected chi connectivity index (χ1v) is 6.17. The summed E-state index contributed by atoms with van der Waals surface area (Å²) in [7, 11) is 7.77. The predicted molar refractivity (Wildman–Crippen MR) is 76.8 cm³/mol. The van der Waals surface area contributed by atoms with Crippen LogP contribution in [0, 0.1) is 11.8 Å². The monoisotopic (exact) mass is 254 g/mol. The fraction of sp³-hybridized carbons (Fsp3) is 0.833. The first-order chi connectivity index (χ1) is 8.27. The zero-order valence-corrected chi connectivity index (χ0v) is 12.8. The first-order valence-electron chi connectivity index (χ1n) is 6.17. The molecule has 0 spiro atoms. The molecule has 0 heterocycles. The summed E-state index contributed by atoms with van der Waals surface area (Å²) in [5, 5.41) is 15.7. The lowest BCUT2D eigenvalue weighted by Crippen LogP contribution is -2.26. The second-order valence-electron chi connectivity index (χ2n) is 5.19. The molecule has 0 radical (unpaired) electrons. The van der Waals surface area contributed by atoms with Crippen molar-refractivity contribution in [3.8, 4) is 0 Å². The second-order valence-corrected chi connectivity index (χ2v) is 5.19. The largest absolute Gasteiger partial charge is 0.364 e. The molecule has 0 amide bonds. The second kappa shape index (κ2) is 7.79. The Labute approximate surface area is 110 Å². The summed E-state index contributed by atoms with van der Waals surface area (Å²) in [6, 6.07) is 0. The van der Waals surface area contributed by atoms with Crippen molar-refractivity contribution in [3.63, 3.8) is 0 Å². The zero-order chi connectivity index (χ0) is 14.3. The van der Waals surface area contributed by atoms with Crippen LogP contribution in [0.5, 0.6) is 0 Å². The molecule has 6 heteroatoms. The van der Waals surface area contributed by atoms with E-state index in [1.54, 1.807) is 0 Å². The van der Waals surface area contributed by atoms with E-state index < -0.39 is 0 Å². The highest BCUT2D eigenvalue weighted by Crippen LogP contribution is 2.03. The van der Waals surface area contributed by atoms with Gasteiger partial charge in [0, 0.05) is 40.0 Å². The molecule has 0 fully saturated rings. The molecule has 0 atom stereocenters. The van der Waals surface area contributed by atoms with Crippen LogP contribution in [-0.4, -0.2) is 49.7 Å². The minimum Gasteiger partial charge on any atom is -0.364 e. The van der Waals surface area contributed by atoms with E-state index in [2.05, 4.69) is 48.3 Å². The fourth-order valence-electron chi connectivity index (χ4n) is 1.57. The lowest BCUT2D eigenvalue weighted by molar-refractivity contribution is 0.564. The van der Waals surface area contributed by atoms with E-state index in [1.807, 2.05) is 38.0 Å². The third kappa shape index (κ3) is 5.75. The fourth-order valence-corrected chi connectivity index (χ4v) is 1.57. The molecule has 0 aromatic heterocycles. The highest BCUT2D eigenvalue weighted by molar-refractivity contribution is 5.84. The Hall–Kier alpha value is -1.46. The SMILES string of the molecule is CC(C)/C(=N/N=N/N=C(/C(C)C)N(C)C)N(C)C. The van der Waals surface area contributed by atoms with Crippen LogP contribution in [0.3, 0.4) is 0 Å². The van der Waals surface area contributed by atoms with Crippen LogP contribution in [0.25, 0.3) is 0 Å². The van der Waals surface area contributed by atoms with Crippen molar-refractivity contribution < 1.29 is 0 Å². The normalized spacial score (nSPS) is 13.9. The summed E-state index contributed by atoms with van der Waals surface area (Å²) < 4.78 is 0. The number of hydrogen-bond acceptors (Lipinski definition) is 2. The average molecular weight is 254 g/mol. The van der Waals surface area contributed by atoms with Gasteiger partial charge < -0.3 is 9.80 Å². The first kappa shape index (κ1) is 16.5. The van der Waals surface area contributed by atoms with E-state index in [-0.39, 0.29) is 0 Å². The van der Waals surface area contributed by atoms with E-state index >= 15 is 0 Å². The van der Waals surface area contributed by atoms with Crippen LogP contribution >= 0.6 is 0 Å². The molecular weight excluding hydrogens is 228 g/mol. The van der Waals surface area contributed by atoms with Gasteiger partial charge in [0.1, 0.15) is 11.7 Å². The molecule has 104 valence electrons. The van der Waals surface area contributed by atoms with Crippen molar-refractivity contribution in [3.05, 3.63) is 0 Å². The Bertz CT molecular complexity index is 273. The zero-order valence-electron chi connectivity index (χ0n) is 12.8. The summed E-state index contributed by atoms with van der Waals surface area (Å²) in [6.45, 7) is 8.27. The smallest absolute Gasteiger partial charge is 0.131 e. The van der Waals surface area contributed by atoms with Crippen LogP contribution in [-0.2, 0) is 0 Å². The minimum atomic E-state index is 0.307. The Morgan fingerprint density at radius 2 is 0.944 bits per heavy atom. The van der Waals surface area contributed by atoms with E-state index in [1.165, 1.54) is 0 Å². The maximum Gasteiger partial charge on any atom is 0.131 e. The van der Waals surface area contributed by atoms with E-state index in [0.29, 0.717) is 11.8 Å². The topological polar surface area (TPSA) is 55.9 Å². The molecule has 0 unspecified atom stereocenters. The van der Waals surface area contributed by atoms with Gasteiger partial charge in [-0.1, -0.05) is 27.7 Å². The Morgan fingerprint density at radius 1 is 0.667 bits per heavy atom. The van der Waals surface area contributed by atoms with E-state index in [4.69, 9.17) is 0 Å². The van der Waals surface area contributed by atoms with Gasteiger partial charge in [0.15, 0.2) is 0 Å². The third-order valence-electron chi connectivity index (χ3n) is 2.28. The van der Waals surface area contributed by atoms with Crippen LogP contribution in [0.1, 0.15) is 27.7 Å². The number of amidine groups is 2. The molecule has 0 aromatic carbocycles. The molecule has 0 N–H and O–H groups in total. The molecule has 0 aromatic rings. The van der Waals surface area contributed by atoms with Gasteiger partial charge in [0.25, 0.3) is 0 Å². The Kier molecular flexibility index (Phi) is 7.16. The summed E-state index contributed by atoms with van der Waals surface area (Å²) in [6.07, 6.45) is 0. The van der Waals surface area contributed by atoms with Crippen molar-refractivity contribution in [2.45, 2.75) is 27.7 Å². The highest BCUT2D eigenvalue weighted by atomic mass is 15.5. The Balaban J connectivity index is 4.84. The van der Waals surface area contributed by atoms with Gasteiger partial charge in [-0.3, -0.25) is 0 Å². The number of nitrogens with zero attached hydrogens (tertiary/aromatic N) is 6. The molecule has 0 aliphatic carbocycles. The molecule has 0 aliphatic rings. The predicted octanol–water partition coefficient (Wildman–Crippen LogP) is 2.50. The van der Waals surface area contributed by atoms with Crippen molar-refractivity contribution in [1.82, 2.24) is 9.80 Å². The van der Waals surface area contributed by atoms with Gasteiger partial charge in [-0.2, -0.15) is 0 Å². The average Bonchev–Trinajstić information content (AvgIpc) is 2.20. The van der Waals surface area contributed by atoms with Gasteiger partial charge in [-0.05, 0) is 10.4 Å². The maximum atomic E-state index is 4.09. The standard InChI is InChI=1S/C12H26N6/c1-9(2)11(17(5)6)13-15-16-14-12(10(3)4)18(7)8/h9-10H,1-8H3/b13-11-,14-12-,16-15+. The van der Waals surface area contributed by atoms with Crippen molar-refractivity contribution in [2.24, 2.45) is 32.5 Å². The molecule has 0 rings (SSSR count). The van der Waals surface area contributed by atoms with Gasteiger partial charge >= 0.3 is 0 Å². The van der Waals surface area contributed by atoms with Gasteiger partial charge in [-0.15, -0.1) is 10.2 Å². The van der Waals surface area contributed by atoms with Crippen molar-refractivity contribution in [2.75, 3.05) is 28.2 Å². The van der Waals surface area contributed by atoms with Crippen molar-refractivity contribution in [1.29, 1.82) is 0 Å². The Morgan fingerprint density at radius 3 is 1.11 bits per heavy atom. The van der Waals surface area contributed by atoms with Crippen LogP contribution in [0.15, 0.2) is 20.6 Å². The lowest BCUT2D eigenvalue weighted by Gasteiger charge is -2.17. The molecular formula is C12H26N6. The van der Waals surface area contributed by atoms with Gasteiger partial charge in [-0.25, -0.2) is 0 Å². The summed E-state index contributed by atoms with van der Waals surface area (Å²) in [5.41, 5.74) is 0. The van der Waals surface area contributed by atoms with Crippen LogP contribution in [0.2, 0.25) is 0 Å². The third-order valence-corrected chi connectivity index (χ3v) is 2.28. The minimum absolute atomic E-state index is 0.307. The molecule has 6 nitrogen and oxygen atoms in total. The molecule has 0 saturated heterocycles. The quantitative estimate of drug-likeness (QED) is 0.335. The lowest BCUT2D eigenvalue weighted by atomic mass is 10.2.